The minimum Gasteiger partial charge on any atom is -0.444 e. The van der Waals surface area contributed by atoms with E-state index >= 15 is 8.78 Å². The first-order valence-corrected chi connectivity index (χ1v) is 18.0. The third kappa shape index (κ3) is 8.80. The van der Waals surface area contributed by atoms with Crippen LogP contribution in [0, 0.1) is 17.2 Å². The normalized spacial score (nSPS) is 18.2. The highest BCUT2D eigenvalue weighted by Crippen LogP contribution is 2.54. The van der Waals surface area contributed by atoms with Crippen molar-refractivity contribution in [1.29, 1.82) is 5.26 Å². The molecule has 282 valence electrons. The summed E-state index contributed by atoms with van der Waals surface area (Å²) in [6, 6.07) is 11.9. The molecular formula is C36H44F2N4O9S. The number of pyridine rings is 1. The maximum atomic E-state index is 16.3. The number of carbonyl (C=O) groups excluding carboxylic acids is 3. The summed E-state index contributed by atoms with van der Waals surface area (Å²) < 4.78 is 82.2. The first-order valence-electron chi connectivity index (χ1n) is 16.5. The van der Waals surface area contributed by atoms with Gasteiger partial charge >= 0.3 is 23.6 Å². The Hall–Kier alpha value is -4.78. The largest absolute Gasteiger partial charge is 0.509 e. The van der Waals surface area contributed by atoms with Gasteiger partial charge in [0.1, 0.15) is 16.8 Å². The van der Waals surface area contributed by atoms with Gasteiger partial charge in [-0.3, -0.25) is 0 Å². The molecule has 0 spiro atoms. The molecule has 2 aromatic heterocycles. The molecule has 2 heterocycles. The van der Waals surface area contributed by atoms with Gasteiger partial charge in [-0.25, -0.2) is 32.4 Å². The molecule has 0 atom stereocenters. The summed E-state index contributed by atoms with van der Waals surface area (Å²) in [4.78, 5) is 44.8. The van der Waals surface area contributed by atoms with Gasteiger partial charge in [-0.05, 0) is 111 Å². The van der Waals surface area contributed by atoms with Crippen LogP contribution in [0.5, 0.6) is 0 Å². The zero-order chi connectivity index (χ0) is 39.1. The molecule has 0 aliphatic heterocycles. The molecule has 0 radical (unpaired) electrons. The fourth-order valence-electron chi connectivity index (χ4n) is 5.70. The van der Waals surface area contributed by atoms with Gasteiger partial charge in [0.05, 0.1) is 23.7 Å². The minimum atomic E-state index is -5.50. The third-order valence-corrected chi connectivity index (χ3v) is 9.59. The molecular weight excluding hydrogens is 702 g/mol. The Morgan fingerprint density at radius 2 is 1.56 bits per heavy atom. The van der Waals surface area contributed by atoms with Crippen LogP contribution in [-0.4, -0.2) is 75.4 Å². The molecule has 4 rings (SSSR count). The Morgan fingerprint density at radius 3 is 2.10 bits per heavy atom. The minimum absolute atomic E-state index is 0.254. The van der Waals surface area contributed by atoms with E-state index in [-0.39, 0.29) is 24.3 Å². The van der Waals surface area contributed by atoms with Crippen LogP contribution in [0.1, 0.15) is 86.4 Å². The number of aromatic nitrogens is 2. The number of halogens is 2. The van der Waals surface area contributed by atoms with E-state index in [1.807, 2.05) is 6.07 Å². The summed E-state index contributed by atoms with van der Waals surface area (Å²) >= 11 is 0. The molecule has 1 amide bonds. The smallest absolute Gasteiger partial charge is 0.444 e. The van der Waals surface area contributed by atoms with Crippen molar-refractivity contribution in [1.82, 2.24) is 14.5 Å². The Balaban J connectivity index is 1.74. The van der Waals surface area contributed by atoms with Crippen molar-refractivity contribution in [3.05, 3.63) is 59.9 Å². The maximum absolute atomic E-state index is 16.3. The summed E-state index contributed by atoms with van der Waals surface area (Å²) in [5.41, 5.74) is -5.07. The van der Waals surface area contributed by atoms with Crippen molar-refractivity contribution in [2.45, 2.75) is 114 Å². The third-order valence-electron chi connectivity index (χ3n) is 7.76. The fraction of sp³-hybridized carbons (Fsp3) is 0.528. The number of alkyl halides is 2. The van der Waals surface area contributed by atoms with Gasteiger partial charge in [0.15, 0.2) is 10.6 Å². The second-order valence-electron chi connectivity index (χ2n) is 15.7. The van der Waals surface area contributed by atoms with E-state index < -0.39 is 79.6 Å². The quantitative estimate of drug-likeness (QED) is 0.165. The summed E-state index contributed by atoms with van der Waals surface area (Å²) in [6.45, 7) is 13.8. The molecule has 1 aliphatic rings. The Kier molecular flexibility index (Phi) is 10.8. The van der Waals surface area contributed by atoms with Crippen LogP contribution in [0.3, 0.4) is 0 Å². The molecule has 13 nitrogen and oxygen atoms in total. The number of carbonyl (C=O) groups is 3. The number of benzene rings is 1. The topological polar surface area (TPSA) is 167 Å². The number of nitrogens with zero attached hydrogens (tertiary/aromatic N) is 4. The van der Waals surface area contributed by atoms with Gasteiger partial charge in [0, 0.05) is 23.8 Å². The average molecular weight is 747 g/mol. The number of fused-ring (bicyclic) bond motifs is 1. The molecule has 0 bridgehead atoms. The predicted molar refractivity (Wildman–Crippen MR) is 184 cm³/mol. The van der Waals surface area contributed by atoms with Crippen molar-refractivity contribution < 1.29 is 50.5 Å². The molecule has 0 unspecified atom stereocenters. The van der Waals surface area contributed by atoms with E-state index in [0.29, 0.717) is 10.9 Å². The van der Waals surface area contributed by atoms with E-state index in [4.69, 9.17) is 18.9 Å². The van der Waals surface area contributed by atoms with Crippen LogP contribution < -0.4 is 0 Å². The van der Waals surface area contributed by atoms with E-state index in [0.717, 1.165) is 12.3 Å². The Labute approximate surface area is 301 Å². The lowest BCUT2D eigenvalue weighted by atomic mass is 9.70. The zero-order valence-corrected chi connectivity index (χ0v) is 31.5. The fourth-order valence-corrected chi connectivity index (χ4v) is 7.12. The molecule has 52 heavy (non-hydrogen) atoms. The predicted octanol–water partition coefficient (Wildman–Crippen LogP) is 7.60. The van der Waals surface area contributed by atoms with E-state index in [9.17, 15) is 28.1 Å². The lowest BCUT2D eigenvalue weighted by Gasteiger charge is -2.50. The molecule has 0 saturated heterocycles. The first-order chi connectivity index (χ1) is 23.8. The number of amides is 1. The van der Waals surface area contributed by atoms with Crippen molar-refractivity contribution >= 4 is 39.1 Å². The van der Waals surface area contributed by atoms with Crippen molar-refractivity contribution in [2.24, 2.45) is 5.92 Å². The van der Waals surface area contributed by atoms with Gasteiger partial charge in [-0.1, -0.05) is 12.1 Å². The van der Waals surface area contributed by atoms with Gasteiger partial charge in [0.25, 0.3) is 9.84 Å². The second kappa shape index (κ2) is 14.0. The van der Waals surface area contributed by atoms with Crippen molar-refractivity contribution in [3.8, 4) is 6.07 Å². The first kappa shape index (κ1) is 40.0. The second-order valence-corrected chi connectivity index (χ2v) is 17.7. The Morgan fingerprint density at radius 1 is 0.942 bits per heavy atom. The van der Waals surface area contributed by atoms with Gasteiger partial charge < -0.3 is 23.8 Å². The lowest BCUT2D eigenvalue weighted by molar-refractivity contribution is -0.208. The molecule has 1 saturated carbocycles. The lowest BCUT2D eigenvalue weighted by Crippen LogP contribution is -2.64. The average Bonchev–Trinajstić information content (AvgIpc) is 3.34. The summed E-state index contributed by atoms with van der Waals surface area (Å²) in [5, 5.41) is 4.49. The van der Waals surface area contributed by atoms with Crippen molar-refractivity contribution in [3.63, 3.8) is 0 Å². The number of ether oxygens (including phenoxy) is 4. The standard InChI is InChI=1S/C36H44F2N4O9S/c1-32(2,3)48-29(43)41(22-26-17-25-14-13-23(20-39)16-27(25)42(26)30(44)49-33(4,5)6)21-24-18-35(19-24,51-31(45)50-34(7,8)9)36(37,38)52(46,47)28-12-10-11-15-40-28/h10-17,24H,18-19,21-22H2,1-9H3. The summed E-state index contributed by atoms with van der Waals surface area (Å²) in [5.74, 6) is -0.843. The molecule has 16 heteroatoms. The van der Waals surface area contributed by atoms with Crippen LogP contribution >= 0.6 is 0 Å². The maximum Gasteiger partial charge on any atom is 0.509 e. The monoisotopic (exact) mass is 746 g/mol. The highest BCUT2D eigenvalue weighted by molar-refractivity contribution is 7.92. The highest BCUT2D eigenvalue weighted by atomic mass is 32.2. The molecule has 3 aromatic rings. The number of nitriles is 1. The van der Waals surface area contributed by atoms with E-state index in [1.54, 1.807) is 59.7 Å². The summed E-state index contributed by atoms with van der Waals surface area (Å²) in [7, 11) is -5.50. The van der Waals surface area contributed by atoms with Crippen LogP contribution in [0.2, 0.25) is 0 Å². The van der Waals surface area contributed by atoms with Crippen LogP contribution in [0.4, 0.5) is 23.2 Å². The number of hydrogen-bond donors (Lipinski definition) is 0. The van der Waals surface area contributed by atoms with Crippen LogP contribution in [0.25, 0.3) is 10.9 Å². The van der Waals surface area contributed by atoms with E-state index in [1.165, 1.54) is 48.4 Å². The number of hydrogen-bond acceptors (Lipinski definition) is 11. The van der Waals surface area contributed by atoms with Crippen molar-refractivity contribution in [2.75, 3.05) is 6.54 Å². The van der Waals surface area contributed by atoms with Gasteiger partial charge in [0.2, 0.25) is 0 Å². The number of rotatable bonds is 8. The number of sulfone groups is 1. The van der Waals surface area contributed by atoms with Gasteiger partial charge in [-0.15, -0.1) is 0 Å². The molecule has 1 aromatic carbocycles. The molecule has 0 N–H and O–H groups in total. The van der Waals surface area contributed by atoms with Crippen LogP contribution in [-0.2, 0) is 35.3 Å². The van der Waals surface area contributed by atoms with Crippen LogP contribution in [0.15, 0.2) is 53.7 Å². The molecule has 1 aliphatic carbocycles. The van der Waals surface area contributed by atoms with Gasteiger partial charge in [-0.2, -0.15) is 14.0 Å². The highest BCUT2D eigenvalue weighted by Gasteiger charge is 2.71. The molecule has 1 fully saturated rings. The summed E-state index contributed by atoms with van der Waals surface area (Å²) in [6.07, 6.45) is -3.47. The van der Waals surface area contributed by atoms with E-state index in [2.05, 4.69) is 4.98 Å². The Bertz CT molecular complexity index is 1980. The zero-order valence-electron chi connectivity index (χ0n) is 30.7. The SMILES string of the molecule is CC(C)(C)OC(=O)OC1(C(F)(F)S(=O)(=O)c2ccccn2)CC(CN(Cc2cc3ccc(C#N)cc3n2C(=O)OC(C)(C)C)C(=O)OC(C)(C)C)C1.